The molecular formula is C12H19ClN2S. The van der Waals surface area contributed by atoms with Gasteiger partial charge in [-0.15, -0.1) is 0 Å². The molecule has 0 bridgehead atoms. The highest BCUT2D eigenvalue weighted by Crippen LogP contribution is 2.24. The molecule has 90 valence electrons. The number of hydrogen-bond donors (Lipinski definition) is 1. The molecule has 1 unspecified atom stereocenters. The summed E-state index contributed by atoms with van der Waals surface area (Å²) < 4.78 is 0. The van der Waals surface area contributed by atoms with E-state index in [0.29, 0.717) is 5.25 Å². The van der Waals surface area contributed by atoms with E-state index in [4.69, 9.17) is 11.6 Å². The number of thioether (sulfide) groups is 1. The van der Waals surface area contributed by atoms with Crippen molar-refractivity contribution in [3.63, 3.8) is 0 Å². The third-order valence-electron chi connectivity index (χ3n) is 2.36. The molecule has 1 rings (SSSR count). The van der Waals surface area contributed by atoms with Gasteiger partial charge in [0.15, 0.2) is 0 Å². The molecule has 1 N–H and O–H groups in total. The van der Waals surface area contributed by atoms with E-state index < -0.39 is 0 Å². The summed E-state index contributed by atoms with van der Waals surface area (Å²) in [5.41, 5.74) is 0.977. The van der Waals surface area contributed by atoms with E-state index in [2.05, 4.69) is 31.1 Å². The minimum absolute atomic E-state index is 0.653. The molecule has 0 aliphatic heterocycles. The summed E-state index contributed by atoms with van der Waals surface area (Å²) in [6, 6.07) is 3.84. The molecule has 0 saturated heterocycles. The smallest absolute Gasteiger partial charge is 0.126 e. The number of rotatable bonds is 6. The average Bonchev–Trinajstić information content (AvgIpc) is 2.29. The van der Waals surface area contributed by atoms with E-state index in [-0.39, 0.29) is 0 Å². The van der Waals surface area contributed by atoms with Gasteiger partial charge < -0.3 is 5.32 Å². The summed E-state index contributed by atoms with van der Waals surface area (Å²) in [5.74, 6) is 1.79. The van der Waals surface area contributed by atoms with Crippen LogP contribution in [-0.4, -0.2) is 16.8 Å². The quantitative estimate of drug-likeness (QED) is 0.828. The molecule has 1 aromatic rings. The number of halogens is 1. The lowest BCUT2D eigenvalue weighted by Crippen LogP contribution is -2.02. The molecule has 0 amide bonds. The summed E-state index contributed by atoms with van der Waals surface area (Å²) >= 11 is 8.02. The molecule has 16 heavy (non-hydrogen) atoms. The summed E-state index contributed by atoms with van der Waals surface area (Å²) in [7, 11) is 0. The van der Waals surface area contributed by atoms with E-state index in [0.717, 1.165) is 28.8 Å². The fourth-order valence-electron chi connectivity index (χ4n) is 1.20. The summed E-state index contributed by atoms with van der Waals surface area (Å²) in [4.78, 5) is 4.50. The predicted octanol–water partition coefficient (Wildman–Crippen LogP) is 4.20. The molecular weight excluding hydrogens is 240 g/mol. The second-order valence-electron chi connectivity index (χ2n) is 3.69. The van der Waals surface area contributed by atoms with Crippen molar-refractivity contribution in [1.82, 2.24) is 4.98 Å². The number of nitrogens with zero attached hydrogens (tertiary/aromatic N) is 1. The molecule has 1 heterocycles. The first-order valence-electron chi connectivity index (χ1n) is 5.68. The summed E-state index contributed by atoms with van der Waals surface area (Å²) in [6.45, 7) is 7.37. The molecule has 0 aliphatic carbocycles. The second-order valence-corrected chi connectivity index (χ2v) is 5.52. The van der Waals surface area contributed by atoms with Gasteiger partial charge in [-0.25, -0.2) is 4.98 Å². The van der Waals surface area contributed by atoms with Crippen molar-refractivity contribution in [3.8, 4) is 0 Å². The van der Waals surface area contributed by atoms with Gasteiger partial charge in [0.05, 0.1) is 10.7 Å². The van der Waals surface area contributed by atoms with Crippen molar-refractivity contribution < 1.29 is 0 Å². The van der Waals surface area contributed by atoms with Gasteiger partial charge in [-0.2, -0.15) is 11.8 Å². The lowest BCUT2D eigenvalue weighted by molar-refractivity contribution is 0.904. The lowest BCUT2D eigenvalue weighted by Gasteiger charge is -2.10. The van der Waals surface area contributed by atoms with Gasteiger partial charge in [0, 0.05) is 17.5 Å². The Morgan fingerprint density at radius 3 is 2.81 bits per heavy atom. The molecule has 1 atom stereocenters. The average molecular weight is 259 g/mol. The van der Waals surface area contributed by atoms with Crippen molar-refractivity contribution >= 4 is 29.2 Å². The topological polar surface area (TPSA) is 24.9 Å². The van der Waals surface area contributed by atoms with Crippen LogP contribution >= 0.6 is 23.4 Å². The Bertz CT molecular complexity index is 331. The number of nitrogens with one attached hydrogen (secondary N) is 1. The lowest BCUT2D eigenvalue weighted by atomic mass is 10.3. The maximum absolute atomic E-state index is 6.12. The largest absolute Gasteiger partial charge is 0.370 e. The third-order valence-corrected chi connectivity index (χ3v) is 4.04. The van der Waals surface area contributed by atoms with Gasteiger partial charge in [0.1, 0.15) is 5.82 Å². The maximum Gasteiger partial charge on any atom is 0.126 e. The number of pyridine rings is 1. The third kappa shape index (κ3) is 4.22. The van der Waals surface area contributed by atoms with Crippen LogP contribution in [0.1, 0.15) is 32.9 Å². The maximum atomic E-state index is 6.12. The van der Waals surface area contributed by atoms with Crippen LogP contribution in [0.3, 0.4) is 0 Å². The van der Waals surface area contributed by atoms with Gasteiger partial charge in [-0.1, -0.05) is 25.4 Å². The van der Waals surface area contributed by atoms with Gasteiger partial charge in [0.25, 0.3) is 0 Å². The SMILES string of the molecule is CCNc1ccc(Cl)c(CSC(C)CC)n1. The van der Waals surface area contributed by atoms with Crippen LogP contribution in [0.15, 0.2) is 12.1 Å². The standard InChI is InChI=1S/C12H19ClN2S/c1-4-9(3)16-8-11-10(13)6-7-12(15-11)14-5-2/h6-7,9H,4-5,8H2,1-3H3,(H,14,15). The van der Waals surface area contributed by atoms with Crippen LogP contribution in [0, 0.1) is 0 Å². The molecule has 0 saturated carbocycles. The van der Waals surface area contributed by atoms with E-state index in [9.17, 15) is 0 Å². The molecule has 0 radical (unpaired) electrons. The van der Waals surface area contributed by atoms with Gasteiger partial charge in [-0.3, -0.25) is 0 Å². The van der Waals surface area contributed by atoms with Crippen molar-refractivity contribution in [2.45, 2.75) is 38.2 Å². The Morgan fingerprint density at radius 1 is 1.44 bits per heavy atom. The molecule has 0 fully saturated rings. The van der Waals surface area contributed by atoms with E-state index in [1.165, 1.54) is 6.42 Å². The highest BCUT2D eigenvalue weighted by Gasteiger charge is 2.06. The van der Waals surface area contributed by atoms with E-state index in [1.54, 1.807) is 0 Å². The second kappa shape index (κ2) is 7.02. The number of aromatic nitrogens is 1. The zero-order valence-electron chi connectivity index (χ0n) is 10.1. The van der Waals surface area contributed by atoms with Crippen LogP contribution in [0.4, 0.5) is 5.82 Å². The van der Waals surface area contributed by atoms with Crippen molar-refractivity contribution in [2.75, 3.05) is 11.9 Å². The Kier molecular flexibility index (Phi) is 5.99. The molecule has 1 aromatic heterocycles. The molecule has 0 spiro atoms. The molecule has 4 heteroatoms. The highest BCUT2D eigenvalue weighted by molar-refractivity contribution is 7.99. The number of hydrogen-bond acceptors (Lipinski definition) is 3. The monoisotopic (exact) mass is 258 g/mol. The van der Waals surface area contributed by atoms with Crippen LogP contribution in [-0.2, 0) is 5.75 Å². The summed E-state index contributed by atoms with van der Waals surface area (Å²) in [5, 5.41) is 4.61. The Hall–Kier alpha value is -0.410. The number of anilines is 1. The Labute approximate surface area is 107 Å². The van der Waals surface area contributed by atoms with Crippen molar-refractivity contribution in [3.05, 3.63) is 22.8 Å². The normalized spacial score (nSPS) is 12.5. The van der Waals surface area contributed by atoms with E-state index >= 15 is 0 Å². The Balaban J connectivity index is 2.66. The first-order chi connectivity index (χ1) is 7.67. The zero-order chi connectivity index (χ0) is 12.0. The minimum Gasteiger partial charge on any atom is -0.370 e. The fraction of sp³-hybridized carbons (Fsp3) is 0.583. The van der Waals surface area contributed by atoms with Crippen LogP contribution in [0.5, 0.6) is 0 Å². The summed E-state index contributed by atoms with van der Waals surface area (Å²) in [6.07, 6.45) is 1.18. The van der Waals surface area contributed by atoms with Crippen LogP contribution < -0.4 is 5.32 Å². The first-order valence-corrected chi connectivity index (χ1v) is 7.10. The Morgan fingerprint density at radius 2 is 2.19 bits per heavy atom. The van der Waals surface area contributed by atoms with Gasteiger partial charge in [0.2, 0.25) is 0 Å². The molecule has 0 aromatic carbocycles. The van der Waals surface area contributed by atoms with Gasteiger partial charge in [-0.05, 0) is 25.5 Å². The van der Waals surface area contributed by atoms with Gasteiger partial charge >= 0.3 is 0 Å². The highest BCUT2D eigenvalue weighted by atomic mass is 35.5. The molecule has 0 aliphatic rings. The predicted molar refractivity (Wildman–Crippen MR) is 74.5 cm³/mol. The van der Waals surface area contributed by atoms with Crippen molar-refractivity contribution in [1.29, 1.82) is 0 Å². The van der Waals surface area contributed by atoms with Crippen LogP contribution in [0.2, 0.25) is 5.02 Å². The van der Waals surface area contributed by atoms with Crippen molar-refractivity contribution in [2.24, 2.45) is 0 Å². The minimum atomic E-state index is 0.653. The first kappa shape index (κ1) is 13.7. The van der Waals surface area contributed by atoms with E-state index in [1.807, 2.05) is 23.9 Å². The fourth-order valence-corrected chi connectivity index (χ4v) is 2.35. The zero-order valence-corrected chi connectivity index (χ0v) is 11.7. The molecule has 2 nitrogen and oxygen atoms in total. The van der Waals surface area contributed by atoms with Crippen LogP contribution in [0.25, 0.3) is 0 Å².